The van der Waals surface area contributed by atoms with Crippen LogP contribution in [0.15, 0.2) is 47.5 Å². The number of benzene rings is 1. The van der Waals surface area contributed by atoms with E-state index in [0.717, 1.165) is 5.56 Å². The number of hydrogen-bond acceptors (Lipinski definition) is 3. The lowest BCUT2D eigenvalue weighted by Crippen LogP contribution is -2.21. The van der Waals surface area contributed by atoms with E-state index in [1.165, 1.54) is 19.3 Å². The Morgan fingerprint density at radius 1 is 1.30 bits per heavy atom. The molecule has 2 aromatic rings. The van der Waals surface area contributed by atoms with Gasteiger partial charge < -0.3 is 9.88 Å². The normalized spacial score (nSPS) is 11.3. The molecule has 2 rings (SSSR count). The summed E-state index contributed by atoms with van der Waals surface area (Å²) in [7, 11) is -2.35. The van der Waals surface area contributed by atoms with E-state index >= 15 is 0 Å². The van der Waals surface area contributed by atoms with Crippen molar-refractivity contribution in [3.63, 3.8) is 0 Å². The Morgan fingerprint density at radius 2 is 1.95 bits per heavy atom. The zero-order chi connectivity index (χ0) is 14.8. The molecule has 6 nitrogen and oxygen atoms in total. The molecule has 0 aliphatic carbocycles. The maximum Gasteiger partial charge on any atom is 0.267 e. The Hall–Kier alpha value is -2.12. The molecule has 0 aliphatic rings. The molecule has 0 saturated heterocycles. The van der Waals surface area contributed by atoms with Crippen LogP contribution in [0.1, 0.15) is 16.1 Å². The maximum atomic E-state index is 11.8. The quantitative estimate of drug-likeness (QED) is 0.861. The lowest BCUT2D eigenvalue weighted by atomic mass is 10.2. The molecule has 1 aromatic carbocycles. The van der Waals surface area contributed by atoms with Gasteiger partial charge in [-0.15, -0.1) is 0 Å². The summed E-state index contributed by atoms with van der Waals surface area (Å²) >= 11 is 0. The van der Waals surface area contributed by atoms with Crippen LogP contribution in [0.2, 0.25) is 0 Å². The highest BCUT2D eigenvalue weighted by Crippen LogP contribution is 2.15. The molecule has 0 bridgehead atoms. The van der Waals surface area contributed by atoms with Gasteiger partial charge in [0.05, 0.1) is 0 Å². The minimum absolute atomic E-state index is 0.0768. The number of nitrogens with one attached hydrogen (secondary N) is 1. The van der Waals surface area contributed by atoms with E-state index in [-0.39, 0.29) is 16.5 Å². The minimum Gasteiger partial charge on any atom is -0.354 e. The van der Waals surface area contributed by atoms with E-state index < -0.39 is 10.0 Å². The highest BCUT2D eigenvalue weighted by atomic mass is 32.2. The third-order valence-electron chi connectivity index (χ3n) is 2.86. The number of nitrogens with two attached hydrogens (primary N) is 1. The molecule has 0 spiro atoms. The molecule has 0 radical (unpaired) electrons. The highest BCUT2D eigenvalue weighted by molar-refractivity contribution is 7.89. The number of nitrogens with zero attached hydrogens (tertiary/aromatic N) is 1. The van der Waals surface area contributed by atoms with Gasteiger partial charge in [0.2, 0.25) is 10.0 Å². The fourth-order valence-electron chi connectivity index (χ4n) is 1.87. The predicted molar refractivity (Wildman–Crippen MR) is 74.7 cm³/mol. The molecule has 1 heterocycles. The van der Waals surface area contributed by atoms with Crippen LogP contribution < -0.4 is 10.5 Å². The van der Waals surface area contributed by atoms with Crippen molar-refractivity contribution in [3.05, 3.63) is 53.9 Å². The summed E-state index contributed by atoms with van der Waals surface area (Å²) in [5.41, 5.74) is 1.20. The van der Waals surface area contributed by atoms with Crippen molar-refractivity contribution < 1.29 is 13.2 Å². The Bertz CT molecular complexity index is 721. The van der Waals surface area contributed by atoms with E-state index in [1.807, 2.05) is 30.3 Å². The maximum absolute atomic E-state index is 11.8. The third kappa shape index (κ3) is 3.06. The lowest BCUT2D eigenvalue weighted by Gasteiger charge is -2.07. The van der Waals surface area contributed by atoms with Crippen molar-refractivity contribution in [2.45, 2.75) is 11.4 Å². The van der Waals surface area contributed by atoms with Crippen molar-refractivity contribution in [2.24, 2.45) is 5.14 Å². The van der Waals surface area contributed by atoms with Gasteiger partial charge in [0.1, 0.15) is 10.6 Å². The van der Waals surface area contributed by atoms with Crippen molar-refractivity contribution in [1.82, 2.24) is 9.88 Å². The van der Waals surface area contributed by atoms with Gasteiger partial charge in [-0.25, -0.2) is 13.6 Å². The summed E-state index contributed by atoms with van der Waals surface area (Å²) in [5, 5.41) is 7.58. The summed E-state index contributed by atoms with van der Waals surface area (Å²) in [5.74, 6) is -0.365. The monoisotopic (exact) mass is 293 g/mol. The van der Waals surface area contributed by atoms with E-state index in [0.29, 0.717) is 6.54 Å². The molecular formula is C13H15N3O3S. The first-order valence-electron chi connectivity index (χ1n) is 5.91. The van der Waals surface area contributed by atoms with E-state index in [1.54, 1.807) is 4.57 Å². The van der Waals surface area contributed by atoms with Crippen molar-refractivity contribution in [3.8, 4) is 0 Å². The molecule has 7 heteroatoms. The number of hydrogen-bond donors (Lipinski definition) is 2. The first kappa shape index (κ1) is 14.3. The van der Waals surface area contributed by atoms with Gasteiger partial charge in [0.15, 0.2) is 0 Å². The van der Waals surface area contributed by atoms with Crippen LogP contribution in [0.25, 0.3) is 0 Å². The summed E-state index contributed by atoms with van der Waals surface area (Å²) in [6.45, 7) is 0.388. The molecule has 20 heavy (non-hydrogen) atoms. The average Bonchev–Trinajstić information content (AvgIpc) is 2.83. The van der Waals surface area contributed by atoms with Crippen LogP contribution in [0.5, 0.6) is 0 Å². The lowest BCUT2D eigenvalue weighted by molar-refractivity contribution is 0.0954. The van der Waals surface area contributed by atoms with Crippen molar-refractivity contribution >= 4 is 15.9 Å². The SMILES string of the molecule is CNC(=O)c1cc(S(N)(=O)=O)cn1Cc1ccccc1. The largest absolute Gasteiger partial charge is 0.354 e. The molecule has 0 atom stereocenters. The number of carbonyl (C=O) groups excluding carboxylic acids is 1. The van der Waals surface area contributed by atoms with E-state index in [4.69, 9.17) is 5.14 Å². The highest BCUT2D eigenvalue weighted by Gasteiger charge is 2.18. The van der Waals surface area contributed by atoms with Crippen molar-refractivity contribution in [1.29, 1.82) is 0 Å². The average molecular weight is 293 g/mol. The summed E-state index contributed by atoms with van der Waals surface area (Å²) in [6.07, 6.45) is 1.37. The molecular weight excluding hydrogens is 278 g/mol. The Kier molecular flexibility index (Phi) is 3.91. The number of sulfonamides is 1. The smallest absolute Gasteiger partial charge is 0.267 e. The van der Waals surface area contributed by atoms with Crippen LogP contribution in [0.3, 0.4) is 0 Å². The summed E-state index contributed by atoms with van der Waals surface area (Å²) in [6, 6.07) is 10.7. The van der Waals surface area contributed by atoms with Crippen LogP contribution in [0.4, 0.5) is 0 Å². The molecule has 1 amide bonds. The summed E-state index contributed by atoms with van der Waals surface area (Å²) in [4.78, 5) is 11.7. The Labute approximate surface area is 117 Å². The molecule has 106 valence electrons. The minimum atomic E-state index is -3.84. The zero-order valence-corrected chi connectivity index (χ0v) is 11.7. The molecule has 3 N–H and O–H groups in total. The fourth-order valence-corrected chi connectivity index (χ4v) is 2.42. The topological polar surface area (TPSA) is 94.2 Å². The second-order valence-corrected chi connectivity index (χ2v) is 5.86. The first-order chi connectivity index (χ1) is 9.41. The fraction of sp³-hybridized carbons (Fsp3) is 0.154. The zero-order valence-electron chi connectivity index (χ0n) is 10.9. The first-order valence-corrected chi connectivity index (χ1v) is 7.45. The molecule has 0 fully saturated rings. The van der Waals surface area contributed by atoms with Gasteiger partial charge in [-0.1, -0.05) is 30.3 Å². The molecule has 0 aliphatic heterocycles. The molecule has 1 aromatic heterocycles. The Balaban J connectivity index is 2.45. The van der Waals surface area contributed by atoms with Gasteiger partial charge >= 0.3 is 0 Å². The van der Waals surface area contributed by atoms with Gasteiger partial charge in [-0.2, -0.15) is 0 Å². The second-order valence-electron chi connectivity index (χ2n) is 4.30. The molecule has 0 saturated carbocycles. The number of carbonyl (C=O) groups is 1. The van der Waals surface area contributed by atoms with Crippen LogP contribution in [-0.4, -0.2) is 25.9 Å². The van der Waals surface area contributed by atoms with Crippen LogP contribution in [-0.2, 0) is 16.6 Å². The number of rotatable bonds is 4. The van der Waals surface area contributed by atoms with E-state index in [9.17, 15) is 13.2 Å². The van der Waals surface area contributed by atoms with Crippen LogP contribution in [0, 0.1) is 0 Å². The van der Waals surface area contributed by atoms with Crippen LogP contribution >= 0.6 is 0 Å². The predicted octanol–water partition coefficient (Wildman–Crippen LogP) is 0.543. The van der Waals surface area contributed by atoms with E-state index in [2.05, 4.69) is 5.32 Å². The van der Waals surface area contributed by atoms with Gasteiger partial charge in [0.25, 0.3) is 5.91 Å². The standard InChI is InChI=1S/C13H15N3O3S/c1-15-13(17)12-7-11(20(14,18)19)9-16(12)8-10-5-3-2-4-6-10/h2-7,9H,8H2,1H3,(H,15,17)(H2,14,18,19). The van der Waals surface area contributed by atoms with Crippen molar-refractivity contribution in [2.75, 3.05) is 7.05 Å². The number of aromatic nitrogens is 1. The Morgan fingerprint density at radius 3 is 2.50 bits per heavy atom. The number of amides is 1. The number of primary sulfonamides is 1. The van der Waals surface area contributed by atoms with Gasteiger partial charge in [-0.05, 0) is 11.6 Å². The molecule has 0 unspecified atom stereocenters. The second kappa shape index (κ2) is 5.48. The third-order valence-corrected chi connectivity index (χ3v) is 3.74. The van der Waals surface area contributed by atoms with Gasteiger partial charge in [0, 0.05) is 19.8 Å². The van der Waals surface area contributed by atoms with Gasteiger partial charge in [-0.3, -0.25) is 4.79 Å². The summed E-state index contributed by atoms with van der Waals surface area (Å²) < 4.78 is 24.4.